The second kappa shape index (κ2) is 13.4. The minimum atomic E-state index is -0.536. The number of unbranched alkanes of at least 4 members (excludes halogenated alkanes) is 7. The summed E-state index contributed by atoms with van der Waals surface area (Å²) in [5.74, 6) is 1.17. The average molecular weight is 491 g/mol. The van der Waals surface area contributed by atoms with Crippen molar-refractivity contribution < 1.29 is 14.7 Å². The molecule has 1 heterocycles. The molecule has 1 aliphatic heterocycles. The van der Waals surface area contributed by atoms with Crippen molar-refractivity contribution in [2.75, 3.05) is 17.6 Å². The molecule has 0 spiro atoms. The van der Waals surface area contributed by atoms with Crippen molar-refractivity contribution in [3.63, 3.8) is 0 Å². The molecule has 6 heteroatoms. The Kier molecular flexibility index (Phi) is 11.3. The molecular weight excluding hydrogens is 444 g/mol. The second-order valence-corrected chi connectivity index (χ2v) is 12.0. The van der Waals surface area contributed by atoms with Gasteiger partial charge in [-0.3, -0.25) is 9.59 Å². The van der Waals surface area contributed by atoms with Crippen molar-refractivity contribution >= 4 is 29.3 Å². The Balaban J connectivity index is 1.88. The van der Waals surface area contributed by atoms with Crippen LogP contribution in [0.15, 0.2) is 6.07 Å². The Morgan fingerprint density at radius 1 is 1.06 bits per heavy atom. The van der Waals surface area contributed by atoms with Gasteiger partial charge in [0.1, 0.15) is 11.8 Å². The van der Waals surface area contributed by atoms with Crippen LogP contribution in [0.3, 0.4) is 0 Å². The number of benzene rings is 1. The van der Waals surface area contributed by atoms with Gasteiger partial charge in [0.2, 0.25) is 11.8 Å². The molecule has 1 aromatic carbocycles. The zero-order chi connectivity index (χ0) is 25.3. The molecule has 2 rings (SSSR count). The number of amides is 2. The molecule has 1 saturated heterocycles. The minimum Gasteiger partial charge on any atom is -0.507 e. The fraction of sp³-hybridized carbons (Fsp3) is 0.714. The van der Waals surface area contributed by atoms with E-state index in [1.54, 1.807) is 22.7 Å². The number of phenolic OH excluding ortho intramolecular Hbond substituents is 1. The summed E-state index contributed by atoms with van der Waals surface area (Å²) in [6, 6.07) is 1.37. The summed E-state index contributed by atoms with van der Waals surface area (Å²) >= 11 is 1.72. The number of aromatic hydroxyl groups is 1. The van der Waals surface area contributed by atoms with E-state index in [4.69, 9.17) is 0 Å². The van der Waals surface area contributed by atoms with E-state index in [-0.39, 0.29) is 17.6 Å². The number of phenols is 1. The first kappa shape index (κ1) is 28.5. The molecule has 5 nitrogen and oxygen atoms in total. The molecule has 0 aliphatic carbocycles. The first-order chi connectivity index (χ1) is 16.1. The van der Waals surface area contributed by atoms with E-state index in [9.17, 15) is 14.7 Å². The number of hydrogen-bond acceptors (Lipinski definition) is 4. The predicted molar refractivity (Wildman–Crippen MR) is 145 cm³/mol. The van der Waals surface area contributed by atoms with Gasteiger partial charge in [-0.25, -0.2) is 0 Å². The highest BCUT2D eigenvalue weighted by Crippen LogP contribution is 2.33. The number of carbonyl (C=O) groups excluding carboxylic acids is 2. The minimum absolute atomic E-state index is 0.0597. The molecule has 1 aromatic rings. The molecule has 1 fully saturated rings. The van der Waals surface area contributed by atoms with Gasteiger partial charge in [0.05, 0.1) is 4.75 Å². The van der Waals surface area contributed by atoms with Gasteiger partial charge in [0, 0.05) is 12.2 Å². The molecule has 0 unspecified atom stereocenters. The van der Waals surface area contributed by atoms with Crippen molar-refractivity contribution in [3.05, 3.63) is 22.8 Å². The van der Waals surface area contributed by atoms with E-state index in [0.29, 0.717) is 18.7 Å². The van der Waals surface area contributed by atoms with Crippen LogP contribution in [0.5, 0.6) is 5.75 Å². The number of carbonyl (C=O) groups is 2. The van der Waals surface area contributed by atoms with Crippen molar-refractivity contribution in [2.24, 2.45) is 0 Å². The molecule has 34 heavy (non-hydrogen) atoms. The van der Waals surface area contributed by atoms with E-state index < -0.39 is 10.8 Å². The molecule has 1 aliphatic rings. The van der Waals surface area contributed by atoms with Crippen molar-refractivity contribution in [3.8, 4) is 5.75 Å². The highest BCUT2D eigenvalue weighted by atomic mass is 32.2. The van der Waals surface area contributed by atoms with Gasteiger partial charge in [-0.2, -0.15) is 0 Å². The highest BCUT2D eigenvalue weighted by molar-refractivity contribution is 8.01. The lowest BCUT2D eigenvalue weighted by molar-refractivity contribution is -0.138. The lowest BCUT2D eigenvalue weighted by atomic mass is 10.0. The molecule has 0 radical (unpaired) electrons. The molecule has 1 atom stereocenters. The number of nitrogens with one attached hydrogen (secondary N) is 1. The van der Waals surface area contributed by atoms with Crippen molar-refractivity contribution in [2.45, 2.75) is 117 Å². The van der Waals surface area contributed by atoms with Crippen LogP contribution < -0.4 is 5.32 Å². The summed E-state index contributed by atoms with van der Waals surface area (Å²) in [5, 5.41) is 13.2. The number of likely N-dealkylation sites (tertiary alicyclic amines) is 1. The van der Waals surface area contributed by atoms with E-state index in [1.807, 2.05) is 34.6 Å². The number of rotatable bonds is 13. The van der Waals surface area contributed by atoms with E-state index in [2.05, 4.69) is 12.2 Å². The number of nitrogens with zero attached hydrogens (tertiary/aromatic N) is 1. The summed E-state index contributed by atoms with van der Waals surface area (Å²) < 4.78 is -0.536. The first-order valence-corrected chi connectivity index (χ1v) is 14.1. The Morgan fingerprint density at radius 2 is 1.68 bits per heavy atom. The lowest BCUT2D eigenvalue weighted by Crippen LogP contribution is -2.49. The largest absolute Gasteiger partial charge is 0.507 e. The van der Waals surface area contributed by atoms with Gasteiger partial charge in [0.25, 0.3) is 0 Å². The van der Waals surface area contributed by atoms with Crippen LogP contribution in [0.2, 0.25) is 0 Å². The number of thioether (sulfide) groups is 1. The molecule has 0 saturated carbocycles. The molecule has 0 aromatic heterocycles. The molecule has 192 valence electrons. The number of aryl methyl sites for hydroxylation is 1. The Morgan fingerprint density at radius 3 is 2.32 bits per heavy atom. The third-order valence-corrected chi connectivity index (χ3v) is 8.50. The van der Waals surface area contributed by atoms with Crippen LogP contribution in [-0.2, 0) is 9.59 Å². The molecular formula is C28H46N2O3S. The summed E-state index contributed by atoms with van der Waals surface area (Å²) in [4.78, 5) is 28.4. The van der Waals surface area contributed by atoms with Gasteiger partial charge in [-0.15, -0.1) is 11.8 Å². The highest BCUT2D eigenvalue weighted by Gasteiger charge is 2.41. The van der Waals surface area contributed by atoms with E-state index in [1.165, 1.54) is 44.9 Å². The normalized spacial score (nSPS) is 16.2. The lowest BCUT2D eigenvalue weighted by Gasteiger charge is -2.32. The summed E-state index contributed by atoms with van der Waals surface area (Å²) in [7, 11) is 0. The summed E-state index contributed by atoms with van der Waals surface area (Å²) in [5.41, 5.74) is 3.07. The molecule has 2 amide bonds. The van der Waals surface area contributed by atoms with Crippen LogP contribution in [0.25, 0.3) is 0 Å². The quantitative estimate of drug-likeness (QED) is 0.233. The maximum atomic E-state index is 13.4. The van der Waals surface area contributed by atoms with Crippen LogP contribution in [-0.4, -0.2) is 44.9 Å². The summed E-state index contributed by atoms with van der Waals surface area (Å²) in [6.45, 7) is 12.4. The Labute approximate surface area is 211 Å². The topological polar surface area (TPSA) is 69.6 Å². The van der Waals surface area contributed by atoms with E-state index >= 15 is 0 Å². The van der Waals surface area contributed by atoms with E-state index in [0.717, 1.165) is 35.3 Å². The third-order valence-electron chi connectivity index (χ3n) is 7.11. The van der Waals surface area contributed by atoms with Gasteiger partial charge in [-0.1, -0.05) is 51.9 Å². The van der Waals surface area contributed by atoms with Gasteiger partial charge in [0.15, 0.2) is 0 Å². The number of hydrogen-bond donors (Lipinski definition) is 2. The monoisotopic (exact) mass is 490 g/mol. The van der Waals surface area contributed by atoms with Crippen LogP contribution in [0, 0.1) is 20.8 Å². The smallest absolute Gasteiger partial charge is 0.247 e. The maximum Gasteiger partial charge on any atom is 0.247 e. The Bertz CT molecular complexity index is 837. The summed E-state index contributed by atoms with van der Waals surface area (Å²) in [6.07, 6.45) is 11.8. The SMILES string of the molecule is CCCCCCCCCCSC(C)(C)C(=O)N1CCC[C@H]1C(=O)Nc1cc(C)c(O)c(C)c1C. The van der Waals surface area contributed by atoms with Gasteiger partial charge >= 0.3 is 0 Å². The number of anilines is 1. The third kappa shape index (κ3) is 7.66. The van der Waals surface area contributed by atoms with Gasteiger partial charge < -0.3 is 15.3 Å². The van der Waals surface area contributed by atoms with Crippen LogP contribution in [0.1, 0.15) is 102 Å². The average Bonchev–Trinajstić information content (AvgIpc) is 3.29. The predicted octanol–water partition coefficient (Wildman–Crippen LogP) is 6.90. The maximum absolute atomic E-state index is 13.4. The first-order valence-electron chi connectivity index (χ1n) is 13.2. The zero-order valence-corrected chi connectivity index (χ0v) is 23.1. The zero-order valence-electron chi connectivity index (χ0n) is 22.3. The molecule has 0 bridgehead atoms. The van der Waals surface area contributed by atoms with Gasteiger partial charge in [-0.05, 0) is 82.4 Å². The van der Waals surface area contributed by atoms with Crippen LogP contribution >= 0.6 is 11.8 Å². The van der Waals surface area contributed by atoms with Crippen LogP contribution in [0.4, 0.5) is 5.69 Å². The van der Waals surface area contributed by atoms with Crippen molar-refractivity contribution in [1.82, 2.24) is 4.90 Å². The fourth-order valence-corrected chi connectivity index (χ4v) is 5.77. The Hall–Kier alpha value is -1.69. The fourth-order valence-electron chi connectivity index (χ4n) is 4.67. The molecule has 2 N–H and O–H groups in total. The standard InChI is InChI=1S/C28H46N2O3S/c1-7-8-9-10-11-12-13-14-18-34-28(5,6)27(33)30-17-15-16-24(30)26(32)29-23-19-20(2)25(31)22(4)21(23)3/h19,24,31H,7-18H2,1-6H3,(H,29,32)/t24-/m0/s1. The van der Waals surface area contributed by atoms with Crippen molar-refractivity contribution in [1.29, 1.82) is 0 Å². The second-order valence-electron chi connectivity index (χ2n) is 10.3.